The monoisotopic (exact) mass is 462 g/mol. The summed E-state index contributed by atoms with van der Waals surface area (Å²) in [4.78, 5) is 26.4. The van der Waals surface area contributed by atoms with Gasteiger partial charge in [0.1, 0.15) is 17.0 Å². The molecule has 1 N–H and O–H groups in total. The van der Waals surface area contributed by atoms with Crippen LogP contribution in [0.2, 0.25) is 0 Å². The molecule has 3 aliphatic rings. The number of aromatic nitrogens is 2. The first-order valence-corrected chi connectivity index (χ1v) is 12.9. The molecule has 7 heteroatoms. The summed E-state index contributed by atoms with van der Waals surface area (Å²) in [5, 5.41) is 4.65. The highest BCUT2D eigenvalue weighted by atomic mass is 32.1. The number of benzene rings is 1. The normalized spacial score (nSPS) is 23.8. The van der Waals surface area contributed by atoms with Gasteiger partial charge in [0.15, 0.2) is 0 Å². The number of rotatable bonds is 5. The zero-order valence-corrected chi connectivity index (χ0v) is 19.9. The number of carbonyl (C=O) groups is 1. The molecule has 1 aromatic carbocycles. The Kier molecular flexibility index (Phi) is 5.34. The number of anilines is 1. The van der Waals surface area contributed by atoms with Crippen molar-refractivity contribution in [2.45, 2.75) is 50.5 Å². The average Bonchev–Trinajstić information content (AvgIpc) is 3.59. The Morgan fingerprint density at radius 3 is 2.76 bits per heavy atom. The summed E-state index contributed by atoms with van der Waals surface area (Å²) < 4.78 is 5.69. The maximum Gasteiger partial charge on any atom is 0.264 e. The third kappa shape index (κ3) is 3.62. The Morgan fingerprint density at radius 1 is 1.21 bits per heavy atom. The number of carbonyl (C=O) groups excluding carboxylic acids is 1. The summed E-state index contributed by atoms with van der Waals surface area (Å²) in [5.41, 5.74) is 2.36. The van der Waals surface area contributed by atoms with Crippen LogP contribution in [0.3, 0.4) is 0 Å². The molecule has 1 aliphatic carbocycles. The molecule has 6 rings (SSSR count). The fourth-order valence-electron chi connectivity index (χ4n) is 6.09. The molecule has 6 nitrogen and oxygen atoms in total. The fourth-order valence-corrected chi connectivity index (χ4v) is 7.19. The zero-order chi connectivity index (χ0) is 22.4. The highest BCUT2D eigenvalue weighted by Crippen LogP contribution is 2.41. The lowest BCUT2D eigenvalue weighted by molar-refractivity contribution is 0.0543. The van der Waals surface area contributed by atoms with E-state index in [0.717, 1.165) is 72.0 Å². The van der Waals surface area contributed by atoms with E-state index in [4.69, 9.17) is 4.74 Å². The van der Waals surface area contributed by atoms with Crippen molar-refractivity contribution in [3.05, 3.63) is 52.7 Å². The lowest BCUT2D eigenvalue weighted by Gasteiger charge is -2.38. The van der Waals surface area contributed by atoms with Crippen molar-refractivity contribution in [1.82, 2.24) is 14.9 Å². The molecule has 4 heterocycles. The minimum absolute atomic E-state index is 0.00808. The van der Waals surface area contributed by atoms with Crippen molar-refractivity contribution in [1.29, 1.82) is 0 Å². The molecule has 1 amide bonds. The maximum absolute atomic E-state index is 13.4. The molecule has 1 saturated carbocycles. The smallest absolute Gasteiger partial charge is 0.264 e. The molecule has 3 aromatic rings. The summed E-state index contributed by atoms with van der Waals surface area (Å²) in [6.07, 6.45) is 7.16. The van der Waals surface area contributed by atoms with Crippen molar-refractivity contribution in [2.24, 2.45) is 5.92 Å². The van der Waals surface area contributed by atoms with Crippen LogP contribution in [0.15, 0.2) is 36.7 Å². The van der Waals surface area contributed by atoms with Crippen LogP contribution in [0.5, 0.6) is 0 Å². The van der Waals surface area contributed by atoms with Crippen LogP contribution in [-0.4, -0.2) is 53.1 Å². The first kappa shape index (κ1) is 21.1. The first-order chi connectivity index (χ1) is 16.1. The summed E-state index contributed by atoms with van der Waals surface area (Å²) in [7, 11) is 0. The summed E-state index contributed by atoms with van der Waals surface area (Å²) in [6.45, 7) is 5.28. The van der Waals surface area contributed by atoms with Crippen molar-refractivity contribution in [3.8, 4) is 0 Å². The van der Waals surface area contributed by atoms with Crippen molar-refractivity contribution >= 4 is 33.3 Å². The number of nitrogens with one attached hydrogen (secondary N) is 1. The van der Waals surface area contributed by atoms with E-state index in [1.807, 2.05) is 0 Å². The van der Waals surface area contributed by atoms with Crippen LogP contribution < -0.4 is 5.32 Å². The van der Waals surface area contributed by atoms with Crippen LogP contribution >= 0.6 is 11.3 Å². The molecule has 2 bridgehead atoms. The maximum atomic E-state index is 13.4. The molecule has 2 aliphatic heterocycles. The first-order valence-electron chi connectivity index (χ1n) is 12.1. The molecular weight excluding hydrogens is 432 g/mol. The van der Waals surface area contributed by atoms with Gasteiger partial charge in [-0.25, -0.2) is 9.97 Å². The summed E-state index contributed by atoms with van der Waals surface area (Å²) in [5.74, 6) is 1.70. The predicted molar refractivity (Wildman–Crippen MR) is 131 cm³/mol. The number of nitrogens with zero attached hydrogens (tertiary/aromatic N) is 3. The fraction of sp³-hybridized carbons (Fsp3) is 0.500. The van der Waals surface area contributed by atoms with E-state index in [1.165, 1.54) is 29.7 Å². The molecule has 2 saturated heterocycles. The number of thiophene rings is 1. The van der Waals surface area contributed by atoms with E-state index in [2.05, 4.69) is 57.4 Å². The van der Waals surface area contributed by atoms with Gasteiger partial charge in [0.25, 0.3) is 5.91 Å². The van der Waals surface area contributed by atoms with Crippen molar-refractivity contribution < 1.29 is 9.53 Å². The highest BCUT2D eigenvalue weighted by Gasteiger charge is 2.41. The van der Waals surface area contributed by atoms with Gasteiger partial charge in [-0.3, -0.25) is 4.79 Å². The molecule has 172 valence electrons. The van der Waals surface area contributed by atoms with Crippen LogP contribution in [0.1, 0.15) is 52.9 Å². The van der Waals surface area contributed by atoms with Crippen LogP contribution in [-0.2, 0) is 10.2 Å². The van der Waals surface area contributed by atoms with E-state index in [9.17, 15) is 4.79 Å². The van der Waals surface area contributed by atoms with E-state index in [0.29, 0.717) is 12.0 Å². The quantitative estimate of drug-likeness (QED) is 0.591. The molecule has 33 heavy (non-hydrogen) atoms. The number of ether oxygens (including phenoxy) is 1. The average molecular weight is 463 g/mol. The van der Waals surface area contributed by atoms with E-state index >= 15 is 0 Å². The number of hydrogen-bond donors (Lipinski definition) is 1. The molecule has 0 spiro atoms. The largest absolute Gasteiger partial charge is 0.381 e. The minimum atomic E-state index is 0.00808. The second kappa shape index (κ2) is 8.37. The zero-order valence-electron chi connectivity index (χ0n) is 19.0. The molecule has 2 aromatic heterocycles. The number of amides is 1. The highest BCUT2D eigenvalue weighted by molar-refractivity contribution is 7.20. The van der Waals surface area contributed by atoms with Gasteiger partial charge in [-0.05, 0) is 56.1 Å². The minimum Gasteiger partial charge on any atom is -0.381 e. The van der Waals surface area contributed by atoms with Gasteiger partial charge < -0.3 is 15.0 Å². The van der Waals surface area contributed by atoms with Crippen LogP contribution in [0.4, 0.5) is 5.82 Å². The number of fused-ring (bicyclic) bond motifs is 3. The Morgan fingerprint density at radius 2 is 2.03 bits per heavy atom. The lowest BCUT2D eigenvalue weighted by atomic mass is 9.74. The molecular formula is C26H30N4O2S. The second-order valence-corrected chi connectivity index (χ2v) is 10.9. The Bertz CT molecular complexity index is 1170. The molecule has 0 unspecified atom stereocenters. The van der Waals surface area contributed by atoms with Gasteiger partial charge in [0.2, 0.25) is 0 Å². The van der Waals surface area contributed by atoms with Crippen LogP contribution in [0, 0.1) is 12.8 Å². The number of aryl methyl sites for hydroxylation is 1. The number of hydrogen-bond acceptors (Lipinski definition) is 6. The molecule has 0 radical (unpaired) electrons. The second-order valence-electron chi connectivity index (χ2n) is 9.86. The third-order valence-corrected chi connectivity index (χ3v) is 9.21. The van der Waals surface area contributed by atoms with E-state index in [-0.39, 0.29) is 11.3 Å². The van der Waals surface area contributed by atoms with Gasteiger partial charge >= 0.3 is 0 Å². The van der Waals surface area contributed by atoms with Gasteiger partial charge in [-0.2, -0.15) is 0 Å². The lowest BCUT2D eigenvalue weighted by Crippen LogP contribution is -2.40. The van der Waals surface area contributed by atoms with Gasteiger partial charge in [0, 0.05) is 37.8 Å². The summed E-state index contributed by atoms with van der Waals surface area (Å²) in [6, 6.07) is 11.2. The van der Waals surface area contributed by atoms with E-state index in [1.54, 1.807) is 6.33 Å². The topological polar surface area (TPSA) is 67.4 Å². The van der Waals surface area contributed by atoms with Crippen molar-refractivity contribution in [2.75, 3.05) is 31.6 Å². The third-order valence-electron chi connectivity index (χ3n) is 8.02. The Hall–Kier alpha value is -2.51. The summed E-state index contributed by atoms with van der Waals surface area (Å²) >= 11 is 1.51. The predicted octanol–water partition coefficient (Wildman–Crippen LogP) is 4.78. The molecule has 2 atom stereocenters. The van der Waals surface area contributed by atoms with Gasteiger partial charge in [-0.1, -0.05) is 30.3 Å². The van der Waals surface area contributed by atoms with Gasteiger partial charge in [0.05, 0.1) is 10.3 Å². The van der Waals surface area contributed by atoms with E-state index < -0.39 is 0 Å². The Labute approximate surface area is 198 Å². The standard InChI is InChI=1S/C26H30N4O2S/c1-17-21-23(27-15-26(9-11-32-12-10-26)19-5-3-2-4-6-19)28-16-29-24(21)33-22(17)25(31)30-14-18-7-8-20(30)13-18/h2-6,16,18,20H,7-15H2,1H3,(H,27,28,29)/t18-,20-/m1/s1. The number of likely N-dealkylation sites (tertiary alicyclic amines) is 1. The molecule has 3 fully saturated rings. The Balaban J connectivity index is 1.30. The van der Waals surface area contributed by atoms with Crippen molar-refractivity contribution in [3.63, 3.8) is 0 Å². The van der Waals surface area contributed by atoms with Gasteiger partial charge in [-0.15, -0.1) is 11.3 Å². The van der Waals surface area contributed by atoms with Crippen LogP contribution in [0.25, 0.3) is 10.2 Å². The SMILES string of the molecule is Cc1c(C(=O)N2C[C@@H]3CC[C@@H]2C3)sc2ncnc(NCC3(c4ccccc4)CCOCC3)c12. The number of piperidine rings is 1.